The predicted molar refractivity (Wildman–Crippen MR) is 80.1 cm³/mol. The Morgan fingerprint density at radius 2 is 2.37 bits per heavy atom. The number of amides is 1. The third-order valence-electron chi connectivity index (χ3n) is 2.12. The lowest BCUT2D eigenvalue weighted by Gasteiger charge is -2.07. The lowest BCUT2D eigenvalue weighted by Crippen LogP contribution is -2.20. The summed E-state index contributed by atoms with van der Waals surface area (Å²) < 4.78 is 6.10. The van der Waals surface area contributed by atoms with Gasteiger partial charge in [0.15, 0.2) is 11.7 Å². The van der Waals surface area contributed by atoms with E-state index < -0.39 is 0 Å². The molecule has 0 unspecified atom stereocenters. The SMILES string of the molecule is Cc1csc(NC(=O)COc2ccc(Cl)cc2Br)n1. The zero-order valence-electron chi connectivity index (χ0n) is 9.94. The molecular weight excluding hydrogens is 352 g/mol. The van der Waals surface area contributed by atoms with Crippen molar-refractivity contribution in [2.24, 2.45) is 0 Å². The Morgan fingerprint density at radius 3 is 3.00 bits per heavy atom. The number of halogens is 2. The van der Waals surface area contributed by atoms with Gasteiger partial charge in [0.25, 0.3) is 5.91 Å². The smallest absolute Gasteiger partial charge is 0.264 e. The monoisotopic (exact) mass is 360 g/mol. The average Bonchev–Trinajstić information content (AvgIpc) is 2.73. The van der Waals surface area contributed by atoms with Crippen molar-refractivity contribution in [1.29, 1.82) is 0 Å². The highest BCUT2D eigenvalue weighted by atomic mass is 79.9. The Hall–Kier alpha value is -1.11. The zero-order chi connectivity index (χ0) is 13.8. The Labute approximate surface area is 127 Å². The molecule has 2 rings (SSSR count). The molecule has 0 bridgehead atoms. The van der Waals surface area contributed by atoms with E-state index in [1.807, 2.05) is 12.3 Å². The molecule has 0 spiro atoms. The van der Waals surface area contributed by atoms with Crippen molar-refractivity contribution in [3.05, 3.63) is 38.8 Å². The number of nitrogens with one attached hydrogen (secondary N) is 1. The molecule has 1 amide bonds. The molecule has 0 radical (unpaired) electrons. The maximum Gasteiger partial charge on any atom is 0.264 e. The molecule has 7 heteroatoms. The fourth-order valence-electron chi connectivity index (χ4n) is 1.30. The van der Waals surface area contributed by atoms with Crippen molar-refractivity contribution in [1.82, 2.24) is 4.98 Å². The highest BCUT2D eigenvalue weighted by molar-refractivity contribution is 9.10. The van der Waals surface area contributed by atoms with Gasteiger partial charge in [0.1, 0.15) is 5.75 Å². The molecular formula is C12H10BrClN2O2S. The fourth-order valence-corrected chi connectivity index (χ4v) is 2.80. The van der Waals surface area contributed by atoms with Gasteiger partial charge in [0.2, 0.25) is 0 Å². The molecule has 0 aliphatic carbocycles. The van der Waals surface area contributed by atoms with Crippen LogP contribution in [0.5, 0.6) is 5.75 Å². The summed E-state index contributed by atoms with van der Waals surface area (Å²) in [5, 5.41) is 5.70. The predicted octanol–water partition coefficient (Wildman–Crippen LogP) is 3.88. The van der Waals surface area contributed by atoms with E-state index in [1.54, 1.807) is 18.2 Å². The van der Waals surface area contributed by atoms with Gasteiger partial charge in [-0.05, 0) is 41.1 Å². The van der Waals surface area contributed by atoms with Crippen LogP contribution in [0.1, 0.15) is 5.69 Å². The number of hydrogen-bond donors (Lipinski definition) is 1. The number of thiazole rings is 1. The number of benzene rings is 1. The van der Waals surface area contributed by atoms with Gasteiger partial charge >= 0.3 is 0 Å². The highest BCUT2D eigenvalue weighted by Gasteiger charge is 2.08. The summed E-state index contributed by atoms with van der Waals surface area (Å²) in [6.45, 7) is 1.78. The van der Waals surface area contributed by atoms with Crippen LogP contribution in [0.4, 0.5) is 5.13 Å². The molecule has 0 atom stereocenters. The van der Waals surface area contributed by atoms with Crippen molar-refractivity contribution in [3.8, 4) is 5.75 Å². The van der Waals surface area contributed by atoms with Crippen LogP contribution >= 0.6 is 38.9 Å². The van der Waals surface area contributed by atoms with Crippen molar-refractivity contribution in [2.45, 2.75) is 6.92 Å². The molecule has 0 fully saturated rings. The van der Waals surface area contributed by atoms with E-state index in [0.717, 1.165) is 5.69 Å². The van der Waals surface area contributed by atoms with Crippen LogP contribution in [-0.2, 0) is 4.79 Å². The number of carbonyl (C=O) groups is 1. The van der Waals surface area contributed by atoms with Crippen molar-refractivity contribution in [2.75, 3.05) is 11.9 Å². The van der Waals surface area contributed by atoms with Crippen LogP contribution in [-0.4, -0.2) is 17.5 Å². The minimum absolute atomic E-state index is 0.0845. The first kappa shape index (κ1) is 14.3. The van der Waals surface area contributed by atoms with Crippen LogP contribution in [0.3, 0.4) is 0 Å². The molecule has 4 nitrogen and oxygen atoms in total. The number of aryl methyl sites for hydroxylation is 1. The zero-order valence-corrected chi connectivity index (χ0v) is 13.1. The summed E-state index contributed by atoms with van der Waals surface area (Å²) in [4.78, 5) is 15.8. The molecule has 1 aromatic carbocycles. The number of anilines is 1. The van der Waals surface area contributed by atoms with E-state index in [4.69, 9.17) is 16.3 Å². The molecule has 1 aromatic heterocycles. The number of hydrogen-bond acceptors (Lipinski definition) is 4. The summed E-state index contributed by atoms with van der Waals surface area (Å²) in [7, 11) is 0. The molecule has 100 valence electrons. The first-order chi connectivity index (χ1) is 9.04. The molecule has 0 saturated heterocycles. The maximum absolute atomic E-state index is 11.7. The van der Waals surface area contributed by atoms with Crippen LogP contribution < -0.4 is 10.1 Å². The second-order valence-electron chi connectivity index (χ2n) is 3.71. The summed E-state index contributed by atoms with van der Waals surface area (Å²) in [6.07, 6.45) is 0. The standard InChI is InChI=1S/C12H10BrClN2O2S/c1-7-6-19-12(15-7)16-11(17)5-18-10-3-2-8(14)4-9(10)13/h2-4,6H,5H2,1H3,(H,15,16,17). The van der Waals surface area contributed by atoms with E-state index in [2.05, 4.69) is 26.2 Å². The second kappa shape index (κ2) is 6.36. The first-order valence-corrected chi connectivity index (χ1v) is 7.39. The average molecular weight is 362 g/mol. The number of rotatable bonds is 4. The molecule has 1 heterocycles. The van der Waals surface area contributed by atoms with E-state index in [0.29, 0.717) is 20.4 Å². The summed E-state index contributed by atoms with van der Waals surface area (Å²) in [6, 6.07) is 5.11. The number of nitrogens with zero attached hydrogens (tertiary/aromatic N) is 1. The van der Waals surface area contributed by atoms with Gasteiger partial charge in [-0.2, -0.15) is 0 Å². The quantitative estimate of drug-likeness (QED) is 0.899. The van der Waals surface area contributed by atoms with E-state index >= 15 is 0 Å². The fraction of sp³-hybridized carbons (Fsp3) is 0.167. The van der Waals surface area contributed by atoms with Gasteiger partial charge in [0, 0.05) is 10.4 Å². The van der Waals surface area contributed by atoms with E-state index in [9.17, 15) is 4.79 Å². The number of ether oxygens (including phenoxy) is 1. The highest BCUT2D eigenvalue weighted by Crippen LogP contribution is 2.27. The van der Waals surface area contributed by atoms with Crippen LogP contribution in [0.25, 0.3) is 0 Å². The third-order valence-corrected chi connectivity index (χ3v) is 3.85. The summed E-state index contributed by atoms with van der Waals surface area (Å²) >= 11 is 10.5. The maximum atomic E-state index is 11.7. The molecule has 0 aliphatic heterocycles. The van der Waals surface area contributed by atoms with Gasteiger partial charge in [-0.15, -0.1) is 11.3 Å². The van der Waals surface area contributed by atoms with Crippen molar-refractivity contribution < 1.29 is 9.53 Å². The molecule has 1 N–H and O–H groups in total. The molecule has 0 aliphatic rings. The van der Waals surface area contributed by atoms with Gasteiger partial charge in [-0.1, -0.05) is 11.6 Å². The van der Waals surface area contributed by atoms with Crippen LogP contribution in [0.2, 0.25) is 5.02 Å². The minimum atomic E-state index is -0.254. The second-order valence-corrected chi connectivity index (χ2v) is 5.85. The van der Waals surface area contributed by atoms with Gasteiger partial charge < -0.3 is 4.74 Å². The van der Waals surface area contributed by atoms with Crippen LogP contribution in [0.15, 0.2) is 28.1 Å². The summed E-state index contributed by atoms with van der Waals surface area (Å²) in [5.74, 6) is 0.311. The summed E-state index contributed by atoms with van der Waals surface area (Å²) in [5.41, 5.74) is 0.877. The Morgan fingerprint density at radius 1 is 1.58 bits per heavy atom. The molecule has 0 saturated carbocycles. The van der Waals surface area contributed by atoms with E-state index in [1.165, 1.54) is 11.3 Å². The van der Waals surface area contributed by atoms with E-state index in [-0.39, 0.29) is 12.5 Å². The Kier molecular flexibility index (Phi) is 4.79. The molecule has 2 aromatic rings. The number of carbonyl (C=O) groups excluding carboxylic acids is 1. The lowest BCUT2D eigenvalue weighted by atomic mass is 10.3. The van der Waals surface area contributed by atoms with Gasteiger partial charge in [-0.25, -0.2) is 4.98 Å². The normalized spacial score (nSPS) is 10.3. The molecule has 19 heavy (non-hydrogen) atoms. The van der Waals surface area contributed by atoms with Crippen molar-refractivity contribution in [3.63, 3.8) is 0 Å². The van der Waals surface area contributed by atoms with Crippen LogP contribution in [0, 0.1) is 6.92 Å². The number of aromatic nitrogens is 1. The van der Waals surface area contributed by atoms with Gasteiger partial charge in [-0.3, -0.25) is 10.1 Å². The lowest BCUT2D eigenvalue weighted by molar-refractivity contribution is -0.118. The third kappa shape index (κ3) is 4.19. The van der Waals surface area contributed by atoms with Crippen molar-refractivity contribution >= 4 is 49.9 Å². The largest absolute Gasteiger partial charge is 0.483 e. The Balaban J connectivity index is 1.89. The Bertz CT molecular complexity index is 603. The van der Waals surface area contributed by atoms with Gasteiger partial charge in [0.05, 0.1) is 10.2 Å². The topological polar surface area (TPSA) is 51.2 Å². The first-order valence-electron chi connectivity index (χ1n) is 5.34. The minimum Gasteiger partial charge on any atom is -0.483 e.